The summed E-state index contributed by atoms with van der Waals surface area (Å²) in [5, 5.41) is 2.71. The third-order valence-corrected chi connectivity index (χ3v) is 6.54. The smallest absolute Gasteiger partial charge is 0.246 e. The second-order valence-corrected chi connectivity index (χ2v) is 9.02. The molecule has 156 valence electrons. The van der Waals surface area contributed by atoms with Crippen molar-refractivity contribution in [3.05, 3.63) is 42.4 Å². The van der Waals surface area contributed by atoms with Gasteiger partial charge in [-0.1, -0.05) is 0 Å². The van der Waals surface area contributed by atoms with Crippen LogP contribution in [0.3, 0.4) is 0 Å². The average molecular weight is 421 g/mol. The lowest BCUT2D eigenvalue weighted by molar-refractivity contribution is -0.128. The van der Waals surface area contributed by atoms with Crippen LogP contribution in [-0.4, -0.2) is 57.2 Å². The molecular weight excluding hydrogens is 398 g/mol. The van der Waals surface area contributed by atoms with Gasteiger partial charge in [-0.25, -0.2) is 12.7 Å². The molecule has 1 aliphatic heterocycles. The van der Waals surface area contributed by atoms with Crippen molar-refractivity contribution in [2.45, 2.75) is 17.9 Å². The SMILES string of the molecule is COc1ccc(NC(=O)C2CC(=O)N(Cc3ccco3)C2)cc1S(=O)(=O)N(C)C. The molecule has 1 aliphatic rings. The van der Waals surface area contributed by atoms with Gasteiger partial charge in [-0.2, -0.15) is 0 Å². The Bertz CT molecular complexity index is 1000. The van der Waals surface area contributed by atoms with Gasteiger partial charge in [0.2, 0.25) is 21.8 Å². The number of nitrogens with zero attached hydrogens (tertiary/aromatic N) is 2. The Labute approximate surface area is 169 Å². The number of rotatable bonds is 7. The summed E-state index contributed by atoms with van der Waals surface area (Å²) in [5.41, 5.74) is 0.313. The summed E-state index contributed by atoms with van der Waals surface area (Å²) < 4.78 is 36.5. The number of ether oxygens (including phenoxy) is 1. The third-order valence-electron chi connectivity index (χ3n) is 4.70. The topological polar surface area (TPSA) is 109 Å². The molecule has 0 bridgehead atoms. The van der Waals surface area contributed by atoms with Crippen LogP contribution in [0.4, 0.5) is 5.69 Å². The Morgan fingerprint density at radius 1 is 1.34 bits per heavy atom. The number of methoxy groups -OCH3 is 1. The first-order valence-corrected chi connectivity index (χ1v) is 10.4. The lowest BCUT2D eigenvalue weighted by atomic mass is 10.1. The molecule has 2 aromatic rings. The summed E-state index contributed by atoms with van der Waals surface area (Å²) in [6.07, 6.45) is 1.62. The first-order valence-electron chi connectivity index (χ1n) is 8.94. The number of carbonyl (C=O) groups is 2. The Kier molecular flexibility index (Phi) is 5.94. The molecule has 0 spiro atoms. The van der Waals surface area contributed by atoms with Crippen molar-refractivity contribution >= 4 is 27.5 Å². The lowest BCUT2D eigenvalue weighted by Crippen LogP contribution is -2.28. The number of likely N-dealkylation sites (tertiary alicyclic amines) is 1. The van der Waals surface area contributed by atoms with E-state index in [1.54, 1.807) is 23.1 Å². The van der Waals surface area contributed by atoms with Crippen LogP contribution < -0.4 is 10.1 Å². The maximum atomic E-state index is 12.7. The first kappa shape index (κ1) is 20.9. The number of hydrogen-bond acceptors (Lipinski definition) is 6. The Morgan fingerprint density at radius 3 is 2.72 bits per heavy atom. The number of nitrogens with one attached hydrogen (secondary N) is 1. The van der Waals surface area contributed by atoms with Gasteiger partial charge in [-0.15, -0.1) is 0 Å². The average Bonchev–Trinajstić information content (AvgIpc) is 3.32. The molecule has 10 heteroatoms. The second-order valence-electron chi connectivity index (χ2n) is 6.90. The van der Waals surface area contributed by atoms with Crippen LogP contribution in [0.1, 0.15) is 12.2 Å². The highest BCUT2D eigenvalue weighted by atomic mass is 32.2. The van der Waals surface area contributed by atoms with Crippen LogP contribution in [-0.2, 0) is 26.2 Å². The fourth-order valence-corrected chi connectivity index (χ4v) is 4.16. The third kappa shape index (κ3) is 4.43. The second kappa shape index (κ2) is 8.26. The van der Waals surface area contributed by atoms with Crippen molar-refractivity contribution in [1.29, 1.82) is 0 Å². The molecule has 2 amide bonds. The van der Waals surface area contributed by atoms with Crippen LogP contribution in [0, 0.1) is 5.92 Å². The van der Waals surface area contributed by atoms with Crippen molar-refractivity contribution in [3.8, 4) is 5.75 Å². The van der Waals surface area contributed by atoms with Crippen molar-refractivity contribution in [2.75, 3.05) is 33.1 Å². The minimum absolute atomic E-state index is 0.0512. The molecule has 1 saturated heterocycles. The molecule has 1 atom stereocenters. The summed E-state index contributed by atoms with van der Waals surface area (Å²) in [5.74, 6) is -0.190. The first-order chi connectivity index (χ1) is 13.7. The molecular formula is C19H23N3O6S. The molecule has 3 rings (SSSR count). The maximum absolute atomic E-state index is 12.7. The molecule has 2 heterocycles. The fraction of sp³-hybridized carbons (Fsp3) is 0.368. The highest BCUT2D eigenvalue weighted by molar-refractivity contribution is 7.89. The van der Waals surface area contributed by atoms with E-state index in [2.05, 4.69) is 5.32 Å². The molecule has 1 aromatic carbocycles. The number of sulfonamides is 1. The number of carbonyl (C=O) groups excluding carboxylic acids is 2. The van der Waals surface area contributed by atoms with Crippen LogP contribution in [0.5, 0.6) is 5.75 Å². The van der Waals surface area contributed by atoms with E-state index in [9.17, 15) is 18.0 Å². The minimum atomic E-state index is -3.76. The zero-order chi connectivity index (χ0) is 21.2. The molecule has 1 N–H and O–H groups in total. The van der Waals surface area contributed by atoms with E-state index in [4.69, 9.17) is 9.15 Å². The molecule has 1 aromatic heterocycles. The quantitative estimate of drug-likeness (QED) is 0.726. The fourth-order valence-electron chi connectivity index (χ4n) is 3.09. The van der Waals surface area contributed by atoms with E-state index in [-0.39, 0.29) is 35.4 Å². The van der Waals surface area contributed by atoms with Gasteiger partial charge in [0.1, 0.15) is 16.4 Å². The van der Waals surface area contributed by atoms with Crippen molar-refractivity contribution in [2.24, 2.45) is 5.92 Å². The van der Waals surface area contributed by atoms with Gasteiger partial charge >= 0.3 is 0 Å². The molecule has 1 fully saturated rings. The number of benzene rings is 1. The zero-order valence-electron chi connectivity index (χ0n) is 16.4. The summed E-state index contributed by atoms with van der Waals surface area (Å²) in [6.45, 7) is 0.577. The van der Waals surface area contributed by atoms with E-state index < -0.39 is 15.9 Å². The van der Waals surface area contributed by atoms with Gasteiger partial charge in [0.15, 0.2) is 0 Å². The van der Waals surface area contributed by atoms with Gasteiger partial charge < -0.3 is 19.4 Å². The molecule has 0 aliphatic carbocycles. The van der Waals surface area contributed by atoms with Gasteiger partial charge in [0.05, 0.1) is 25.8 Å². The van der Waals surface area contributed by atoms with Crippen LogP contribution in [0.15, 0.2) is 45.9 Å². The number of furan rings is 1. The zero-order valence-corrected chi connectivity index (χ0v) is 17.2. The lowest BCUT2D eigenvalue weighted by Gasteiger charge is -2.17. The van der Waals surface area contributed by atoms with E-state index in [0.717, 1.165) is 4.31 Å². The van der Waals surface area contributed by atoms with Crippen LogP contribution in [0.25, 0.3) is 0 Å². The largest absolute Gasteiger partial charge is 0.495 e. The molecule has 0 saturated carbocycles. The maximum Gasteiger partial charge on any atom is 0.246 e. The highest BCUT2D eigenvalue weighted by Gasteiger charge is 2.35. The van der Waals surface area contributed by atoms with Crippen LogP contribution in [0.2, 0.25) is 0 Å². The molecule has 9 nitrogen and oxygen atoms in total. The van der Waals surface area contributed by atoms with E-state index in [1.165, 1.54) is 39.6 Å². The molecule has 29 heavy (non-hydrogen) atoms. The van der Waals surface area contributed by atoms with Crippen molar-refractivity contribution in [1.82, 2.24) is 9.21 Å². The molecule has 1 unspecified atom stereocenters. The normalized spacial score (nSPS) is 17.0. The monoisotopic (exact) mass is 421 g/mol. The number of anilines is 1. The molecule has 0 radical (unpaired) electrons. The standard InChI is InChI=1S/C19H23N3O6S/c1-21(2)29(25,26)17-10-14(6-7-16(17)27-3)20-19(24)13-9-18(23)22(11-13)12-15-5-4-8-28-15/h4-8,10,13H,9,11-12H2,1-3H3,(H,20,24). The summed E-state index contributed by atoms with van der Waals surface area (Å²) in [7, 11) is 0.445. The summed E-state index contributed by atoms with van der Waals surface area (Å²) in [4.78, 5) is 26.4. The van der Waals surface area contributed by atoms with Gasteiger partial charge in [0, 0.05) is 32.7 Å². The minimum Gasteiger partial charge on any atom is -0.495 e. The number of amides is 2. The van der Waals surface area contributed by atoms with Crippen molar-refractivity contribution in [3.63, 3.8) is 0 Å². The van der Waals surface area contributed by atoms with Gasteiger partial charge in [0.25, 0.3) is 0 Å². The van der Waals surface area contributed by atoms with Crippen molar-refractivity contribution < 1.29 is 27.2 Å². The predicted molar refractivity (Wildman–Crippen MR) is 105 cm³/mol. The van der Waals surface area contributed by atoms with Crippen LogP contribution >= 0.6 is 0 Å². The summed E-state index contributed by atoms with van der Waals surface area (Å²) in [6, 6.07) is 7.90. The van der Waals surface area contributed by atoms with E-state index in [0.29, 0.717) is 18.0 Å². The Hall–Kier alpha value is -2.85. The number of hydrogen-bond donors (Lipinski definition) is 1. The van der Waals surface area contributed by atoms with E-state index >= 15 is 0 Å². The Balaban J connectivity index is 1.73. The predicted octanol–water partition coefficient (Wildman–Crippen LogP) is 1.53. The van der Waals surface area contributed by atoms with Gasteiger partial charge in [-0.05, 0) is 30.3 Å². The van der Waals surface area contributed by atoms with E-state index in [1.807, 2.05) is 0 Å². The Morgan fingerprint density at radius 2 is 2.10 bits per heavy atom. The highest BCUT2D eigenvalue weighted by Crippen LogP contribution is 2.29. The van der Waals surface area contributed by atoms with Gasteiger partial charge in [-0.3, -0.25) is 9.59 Å². The summed E-state index contributed by atoms with van der Waals surface area (Å²) >= 11 is 0.